The first kappa shape index (κ1) is 9.70. The predicted molar refractivity (Wildman–Crippen MR) is 53.9 cm³/mol. The van der Waals surface area contributed by atoms with Gasteiger partial charge in [-0.3, -0.25) is 13.9 Å². The van der Waals surface area contributed by atoms with Gasteiger partial charge in [0.2, 0.25) is 0 Å². The number of aromatic nitrogens is 3. The van der Waals surface area contributed by atoms with E-state index in [-0.39, 0.29) is 11.2 Å². The van der Waals surface area contributed by atoms with Crippen molar-refractivity contribution in [1.29, 1.82) is 0 Å². The van der Waals surface area contributed by atoms with Gasteiger partial charge in [-0.25, -0.2) is 4.79 Å². The molecule has 0 radical (unpaired) electrons. The molecule has 0 spiro atoms. The quantitative estimate of drug-likeness (QED) is 0.663. The molecule has 0 aliphatic heterocycles. The lowest BCUT2D eigenvalue weighted by Crippen LogP contribution is -2.38. The highest BCUT2D eigenvalue weighted by Crippen LogP contribution is 2.09. The monoisotopic (exact) mass is 209 g/mol. The Labute approximate surface area is 84.7 Å². The molecular weight excluding hydrogens is 198 g/mol. The maximum atomic E-state index is 11.9. The minimum Gasteiger partial charge on any atom is -0.359 e. The van der Waals surface area contributed by atoms with E-state index in [9.17, 15) is 9.59 Å². The third-order valence-corrected chi connectivity index (χ3v) is 2.46. The van der Waals surface area contributed by atoms with Crippen LogP contribution in [0.25, 0.3) is 11.0 Å². The highest BCUT2D eigenvalue weighted by molar-refractivity contribution is 5.75. The lowest BCUT2D eigenvalue weighted by Gasteiger charge is -2.03. The van der Waals surface area contributed by atoms with Crippen LogP contribution in [0, 0.1) is 6.92 Å². The van der Waals surface area contributed by atoms with Gasteiger partial charge in [-0.1, -0.05) is 5.16 Å². The van der Waals surface area contributed by atoms with E-state index in [1.165, 1.54) is 4.57 Å². The molecule has 0 N–H and O–H groups in total. The molecule has 0 saturated heterocycles. The number of hydrogen-bond donors (Lipinski definition) is 0. The molecule has 2 aromatic rings. The standard InChI is InChI=1S/C9H11N3O3/c1-4-12-8(13)6-5(2)15-10-7(6)11(3)9(12)14/h4H2,1-3H3. The summed E-state index contributed by atoms with van der Waals surface area (Å²) in [6.45, 7) is 3.74. The Hall–Kier alpha value is -1.85. The molecule has 0 atom stereocenters. The van der Waals surface area contributed by atoms with Gasteiger partial charge in [0.25, 0.3) is 5.56 Å². The summed E-state index contributed by atoms with van der Waals surface area (Å²) in [6.07, 6.45) is 0. The van der Waals surface area contributed by atoms with Crippen LogP contribution < -0.4 is 11.2 Å². The second-order valence-electron chi connectivity index (χ2n) is 3.33. The molecule has 80 valence electrons. The Balaban J connectivity index is 3.13. The Kier molecular flexibility index (Phi) is 1.99. The Morgan fingerprint density at radius 2 is 2.07 bits per heavy atom. The van der Waals surface area contributed by atoms with E-state index in [0.29, 0.717) is 23.3 Å². The van der Waals surface area contributed by atoms with Crippen molar-refractivity contribution in [3.8, 4) is 0 Å². The van der Waals surface area contributed by atoms with E-state index in [1.807, 2.05) is 0 Å². The highest BCUT2D eigenvalue weighted by Gasteiger charge is 2.15. The van der Waals surface area contributed by atoms with Crippen molar-refractivity contribution >= 4 is 11.0 Å². The highest BCUT2D eigenvalue weighted by atomic mass is 16.5. The van der Waals surface area contributed by atoms with Gasteiger partial charge in [0.05, 0.1) is 0 Å². The molecule has 0 aliphatic rings. The molecule has 2 aromatic heterocycles. The summed E-state index contributed by atoms with van der Waals surface area (Å²) in [4.78, 5) is 23.6. The second kappa shape index (κ2) is 3.08. The second-order valence-corrected chi connectivity index (χ2v) is 3.33. The first-order valence-corrected chi connectivity index (χ1v) is 4.63. The Morgan fingerprint density at radius 1 is 1.40 bits per heavy atom. The van der Waals surface area contributed by atoms with Crippen molar-refractivity contribution in [1.82, 2.24) is 14.3 Å². The zero-order valence-corrected chi connectivity index (χ0v) is 8.77. The van der Waals surface area contributed by atoms with E-state index >= 15 is 0 Å². The van der Waals surface area contributed by atoms with E-state index < -0.39 is 0 Å². The van der Waals surface area contributed by atoms with Crippen LogP contribution >= 0.6 is 0 Å². The van der Waals surface area contributed by atoms with Crippen LogP contribution in [0.3, 0.4) is 0 Å². The molecule has 0 bridgehead atoms. The maximum Gasteiger partial charge on any atom is 0.332 e. The SMILES string of the molecule is CCn1c(=O)c2c(C)onc2n(C)c1=O. The van der Waals surface area contributed by atoms with Crippen molar-refractivity contribution in [3.63, 3.8) is 0 Å². The van der Waals surface area contributed by atoms with E-state index in [0.717, 1.165) is 4.57 Å². The summed E-state index contributed by atoms with van der Waals surface area (Å²) >= 11 is 0. The van der Waals surface area contributed by atoms with Gasteiger partial charge in [0.1, 0.15) is 11.1 Å². The fourth-order valence-electron chi connectivity index (χ4n) is 1.61. The smallest absolute Gasteiger partial charge is 0.332 e. The first-order valence-electron chi connectivity index (χ1n) is 4.63. The molecular formula is C9H11N3O3. The van der Waals surface area contributed by atoms with Crippen LogP contribution in [0.5, 0.6) is 0 Å². The van der Waals surface area contributed by atoms with E-state index in [1.54, 1.807) is 20.9 Å². The minimum absolute atomic E-state index is 0.298. The van der Waals surface area contributed by atoms with Crippen LogP contribution in [-0.2, 0) is 13.6 Å². The summed E-state index contributed by atoms with van der Waals surface area (Å²) < 4.78 is 7.38. The fourth-order valence-corrected chi connectivity index (χ4v) is 1.61. The third-order valence-electron chi connectivity index (χ3n) is 2.46. The topological polar surface area (TPSA) is 70.0 Å². The van der Waals surface area contributed by atoms with Crippen LogP contribution in [0.2, 0.25) is 0 Å². The summed E-state index contributed by atoms with van der Waals surface area (Å²) in [5, 5.41) is 4.06. The lowest BCUT2D eigenvalue weighted by molar-refractivity contribution is 0.402. The van der Waals surface area contributed by atoms with Crippen LogP contribution in [0.15, 0.2) is 14.1 Å². The number of aryl methyl sites for hydroxylation is 2. The maximum absolute atomic E-state index is 11.9. The number of hydrogen-bond acceptors (Lipinski definition) is 4. The van der Waals surface area contributed by atoms with Gasteiger partial charge >= 0.3 is 5.69 Å². The van der Waals surface area contributed by atoms with Crippen molar-refractivity contribution in [2.45, 2.75) is 20.4 Å². The molecule has 0 aliphatic carbocycles. The van der Waals surface area contributed by atoms with E-state index in [4.69, 9.17) is 4.52 Å². The van der Waals surface area contributed by atoms with Crippen molar-refractivity contribution in [2.75, 3.05) is 0 Å². The van der Waals surface area contributed by atoms with Crippen LogP contribution in [-0.4, -0.2) is 14.3 Å². The summed E-state index contributed by atoms with van der Waals surface area (Å²) in [5.74, 6) is 0.438. The number of rotatable bonds is 1. The molecule has 0 fully saturated rings. The normalized spacial score (nSPS) is 11.1. The van der Waals surface area contributed by atoms with Crippen LogP contribution in [0.4, 0.5) is 0 Å². The lowest BCUT2D eigenvalue weighted by atomic mass is 10.3. The van der Waals surface area contributed by atoms with Crippen molar-refractivity contribution in [2.24, 2.45) is 7.05 Å². The van der Waals surface area contributed by atoms with Gasteiger partial charge in [0, 0.05) is 13.6 Å². The summed E-state index contributed by atoms with van der Waals surface area (Å²) in [7, 11) is 1.57. The first-order chi connectivity index (χ1) is 7.07. The molecule has 6 heteroatoms. The van der Waals surface area contributed by atoms with Gasteiger partial charge in [-0.05, 0) is 13.8 Å². The molecule has 0 saturated carbocycles. The Bertz CT molecular complexity index is 632. The molecule has 2 heterocycles. The molecule has 6 nitrogen and oxygen atoms in total. The van der Waals surface area contributed by atoms with Gasteiger partial charge in [-0.2, -0.15) is 0 Å². The number of nitrogens with zero attached hydrogens (tertiary/aromatic N) is 3. The van der Waals surface area contributed by atoms with Gasteiger partial charge in [-0.15, -0.1) is 0 Å². The average molecular weight is 209 g/mol. The molecule has 0 amide bonds. The molecule has 15 heavy (non-hydrogen) atoms. The predicted octanol–water partition coefficient (Wildman–Crippen LogP) is 0.0165. The van der Waals surface area contributed by atoms with Gasteiger partial charge in [0.15, 0.2) is 5.65 Å². The zero-order valence-electron chi connectivity index (χ0n) is 8.77. The largest absolute Gasteiger partial charge is 0.359 e. The fraction of sp³-hybridized carbons (Fsp3) is 0.444. The zero-order chi connectivity index (χ0) is 11.2. The van der Waals surface area contributed by atoms with Gasteiger partial charge < -0.3 is 4.52 Å². The Morgan fingerprint density at radius 3 is 2.67 bits per heavy atom. The molecule has 0 unspecified atom stereocenters. The van der Waals surface area contributed by atoms with Crippen molar-refractivity contribution in [3.05, 3.63) is 26.6 Å². The minimum atomic E-state index is -0.372. The third kappa shape index (κ3) is 1.14. The average Bonchev–Trinajstić information content (AvgIpc) is 2.58. The number of fused-ring (bicyclic) bond motifs is 1. The molecule has 0 aromatic carbocycles. The van der Waals surface area contributed by atoms with Crippen LogP contribution in [0.1, 0.15) is 12.7 Å². The summed E-state index contributed by atoms with van der Waals surface area (Å²) in [5.41, 5.74) is -0.412. The van der Waals surface area contributed by atoms with E-state index in [2.05, 4.69) is 5.16 Å². The summed E-state index contributed by atoms with van der Waals surface area (Å²) in [6, 6.07) is 0. The molecule has 2 rings (SSSR count). The van der Waals surface area contributed by atoms with Crippen molar-refractivity contribution < 1.29 is 4.52 Å².